The normalized spacial score (nSPS) is 10.6. The summed E-state index contributed by atoms with van der Waals surface area (Å²) in [7, 11) is 1.71. The molecule has 4 heteroatoms. The van der Waals surface area contributed by atoms with Crippen LogP contribution in [0.25, 0.3) is 0 Å². The van der Waals surface area contributed by atoms with Gasteiger partial charge in [0.05, 0.1) is 13.2 Å². The fourth-order valence-corrected chi connectivity index (χ4v) is 0.932. The number of hydrogen-bond acceptors (Lipinski definition) is 4. The van der Waals surface area contributed by atoms with E-state index in [1.807, 2.05) is 0 Å². The van der Waals surface area contributed by atoms with Crippen molar-refractivity contribution in [3.63, 3.8) is 0 Å². The summed E-state index contributed by atoms with van der Waals surface area (Å²) in [5, 5.41) is 11.7. The highest BCUT2D eigenvalue weighted by atomic mass is 16.5. The topological polar surface area (TPSA) is 50.7 Å². The SMILES string of the molecule is COCCCNCCCOCCO. The maximum atomic E-state index is 8.41. The molecule has 0 saturated carbocycles. The number of aliphatic hydroxyl groups is 1. The van der Waals surface area contributed by atoms with Crippen molar-refractivity contribution in [2.45, 2.75) is 12.8 Å². The summed E-state index contributed by atoms with van der Waals surface area (Å²) in [5.41, 5.74) is 0. The third kappa shape index (κ3) is 11.8. The first-order valence-electron chi connectivity index (χ1n) is 4.80. The quantitative estimate of drug-likeness (QED) is 0.478. The van der Waals surface area contributed by atoms with Gasteiger partial charge in [0, 0.05) is 20.3 Å². The van der Waals surface area contributed by atoms with E-state index < -0.39 is 0 Å². The summed E-state index contributed by atoms with van der Waals surface area (Å²) in [4.78, 5) is 0. The van der Waals surface area contributed by atoms with Crippen LogP contribution in [0.5, 0.6) is 0 Å². The van der Waals surface area contributed by atoms with E-state index in [0.717, 1.165) is 39.1 Å². The summed E-state index contributed by atoms with van der Waals surface area (Å²) in [6.07, 6.45) is 2.04. The number of hydrogen-bond donors (Lipinski definition) is 2. The van der Waals surface area contributed by atoms with E-state index in [1.165, 1.54) is 0 Å². The Morgan fingerprint density at radius 3 is 2.38 bits per heavy atom. The number of aliphatic hydroxyl groups excluding tert-OH is 1. The van der Waals surface area contributed by atoms with E-state index in [-0.39, 0.29) is 6.61 Å². The number of rotatable bonds is 10. The largest absolute Gasteiger partial charge is 0.394 e. The summed E-state index contributed by atoms with van der Waals surface area (Å²) in [6.45, 7) is 4.06. The van der Waals surface area contributed by atoms with Gasteiger partial charge in [0.2, 0.25) is 0 Å². The lowest BCUT2D eigenvalue weighted by Gasteiger charge is -2.04. The van der Waals surface area contributed by atoms with Gasteiger partial charge in [-0.1, -0.05) is 0 Å². The molecule has 0 fully saturated rings. The average molecular weight is 191 g/mol. The molecule has 80 valence electrons. The van der Waals surface area contributed by atoms with Gasteiger partial charge in [-0.3, -0.25) is 0 Å². The zero-order valence-electron chi connectivity index (χ0n) is 8.42. The lowest BCUT2D eigenvalue weighted by Crippen LogP contribution is -2.19. The molecule has 0 aliphatic rings. The second kappa shape index (κ2) is 11.8. The van der Waals surface area contributed by atoms with Gasteiger partial charge < -0.3 is 19.9 Å². The first-order valence-corrected chi connectivity index (χ1v) is 4.80. The highest BCUT2D eigenvalue weighted by molar-refractivity contribution is 4.47. The van der Waals surface area contributed by atoms with Crippen LogP contribution < -0.4 is 5.32 Å². The molecule has 0 unspecified atom stereocenters. The zero-order chi connectivity index (χ0) is 9.78. The van der Waals surface area contributed by atoms with Gasteiger partial charge in [0.1, 0.15) is 0 Å². The number of ether oxygens (including phenoxy) is 2. The first kappa shape index (κ1) is 12.8. The van der Waals surface area contributed by atoms with Crippen LogP contribution in [0, 0.1) is 0 Å². The predicted octanol–water partition coefficient (Wildman–Crippen LogP) is 0.0115. The second-order valence-corrected chi connectivity index (χ2v) is 2.79. The Kier molecular flexibility index (Phi) is 11.7. The van der Waals surface area contributed by atoms with Gasteiger partial charge in [-0.25, -0.2) is 0 Å². The van der Waals surface area contributed by atoms with E-state index in [2.05, 4.69) is 5.32 Å². The van der Waals surface area contributed by atoms with Crippen molar-refractivity contribution in [2.75, 3.05) is 46.6 Å². The molecule has 4 nitrogen and oxygen atoms in total. The van der Waals surface area contributed by atoms with Crippen molar-refractivity contribution in [2.24, 2.45) is 0 Å². The van der Waals surface area contributed by atoms with Crippen molar-refractivity contribution in [3.05, 3.63) is 0 Å². The molecule has 0 amide bonds. The van der Waals surface area contributed by atoms with Crippen LogP contribution in [0.1, 0.15) is 12.8 Å². The second-order valence-electron chi connectivity index (χ2n) is 2.79. The molecule has 0 bridgehead atoms. The molecule has 0 aliphatic carbocycles. The van der Waals surface area contributed by atoms with E-state index in [9.17, 15) is 0 Å². The smallest absolute Gasteiger partial charge is 0.0697 e. The van der Waals surface area contributed by atoms with Crippen molar-refractivity contribution in [1.82, 2.24) is 5.32 Å². The van der Waals surface area contributed by atoms with Crippen molar-refractivity contribution >= 4 is 0 Å². The summed E-state index contributed by atoms with van der Waals surface area (Å²) < 4.78 is 10.0. The van der Waals surface area contributed by atoms with Gasteiger partial charge in [0.15, 0.2) is 0 Å². The molecule has 0 aromatic carbocycles. The van der Waals surface area contributed by atoms with Gasteiger partial charge in [-0.2, -0.15) is 0 Å². The molecule has 0 atom stereocenters. The molecule has 0 heterocycles. The molecule has 0 aromatic rings. The summed E-state index contributed by atoms with van der Waals surface area (Å²) >= 11 is 0. The molecule has 0 rings (SSSR count). The predicted molar refractivity (Wildman–Crippen MR) is 51.9 cm³/mol. The van der Waals surface area contributed by atoms with Crippen molar-refractivity contribution in [1.29, 1.82) is 0 Å². The third-order valence-electron chi connectivity index (χ3n) is 1.58. The fraction of sp³-hybridized carbons (Fsp3) is 1.00. The molecular formula is C9H21NO3. The summed E-state index contributed by atoms with van der Waals surface area (Å²) in [6, 6.07) is 0. The van der Waals surface area contributed by atoms with Crippen LogP contribution in [-0.4, -0.2) is 51.7 Å². The van der Waals surface area contributed by atoms with Gasteiger partial charge in [0.25, 0.3) is 0 Å². The zero-order valence-corrected chi connectivity index (χ0v) is 8.42. The maximum absolute atomic E-state index is 8.41. The Morgan fingerprint density at radius 2 is 1.77 bits per heavy atom. The molecule has 0 aromatic heterocycles. The van der Waals surface area contributed by atoms with Crippen molar-refractivity contribution < 1.29 is 14.6 Å². The minimum absolute atomic E-state index is 0.112. The number of methoxy groups -OCH3 is 1. The van der Waals surface area contributed by atoms with E-state index >= 15 is 0 Å². The Balaban J connectivity index is 2.76. The molecule has 0 saturated heterocycles. The van der Waals surface area contributed by atoms with Crippen LogP contribution in [0.3, 0.4) is 0 Å². The summed E-state index contributed by atoms with van der Waals surface area (Å²) in [5.74, 6) is 0. The lowest BCUT2D eigenvalue weighted by atomic mass is 10.4. The van der Waals surface area contributed by atoms with Crippen LogP contribution in [0.15, 0.2) is 0 Å². The van der Waals surface area contributed by atoms with Gasteiger partial charge >= 0.3 is 0 Å². The minimum atomic E-state index is 0.112. The minimum Gasteiger partial charge on any atom is -0.394 e. The standard InChI is InChI=1S/C9H21NO3/c1-12-7-2-4-10-5-3-8-13-9-6-11/h10-11H,2-9H2,1H3. The van der Waals surface area contributed by atoms with Gasteiger partial charge in [-0.05, 0) is 25.9 Å². The van der Waals surface area contributed by atoms with Crippen LogP contribution >= 0.6 is 0 Å². The highest BCUT2D eigenvalue weighted by Gasteiger charge is 1.89. The Morgan fingerprint density at radius 1 is 1.08 bits per heavy atom. The lowest BCUT2D eigenvalue weighted by molar-refractivity contribution is 0.0906. The molecule has 2 N–H and O–H groups in total. The van der Waals surface area contributed by atoms with Crippen LogP contribution in [0.4, 0.5) is 0 Å². The molecule has 13 heavy (non-hydrogen) atoms. The third-order valence-corrected chi connectivity index (χ3v) is 1.58. The fourth-order valence-electron chi connectivity index (χ4n) is 0.932. The van der Waals surface area contributed by atoms with Crippen molar-refractivity contribution in [3.8, 4) is 0 Å². The number of nitrogens with one attached hydrogen (secondary N) is 1. The van der Waals surface area contributed by atoms with E-state index in [1.54, 1.807) is 7.11 Å². The van der Waals surface area contributed by atoms with Gasteiger partial charge in [-0.15, -0.1) is 0 Å². The van der Waals surface area contributed by atoms with Crippen LogP contribution in [0.2, 0.25) is 0 Å². The highest BCUT2D eigenvalue weighted by Crippen LogP contribution is 1.81. The first-order chi connectivity index (χ1) is 6.41. The van der Waals surface area contributed by atoms with E-state index in [0.29, 0.717) is 6.61 Å². The average Bonchev–Trinajstić information content (AvgIpc) is 2.16. The molecule has 0 radical (unpaired) electrons. The molecular weight excluding hydrogens is 170 g/mol. The molecule has 0 aliphatic heterocycles. The maximum Gasteiger partial charge on any atom is 0.0697 e. The monoisotopic (exact) mass is 191 g/mol. The Hall–Kier alpha value is -0.160. The van der Waals surface area contributed by atoms with Crippen LogP contribution in [-0.2, 0) is 9.47 Å². The van der Waals surface area contributed by atoms with E-state index in [4.69, 9.17) is 14.6 Å². The molecule has 0 spiro atoms. The Labute approximate surface area is 80.2 Å². The Bertz CT molecular complexity index is 80.9.